The largest absolute Gasteiger partial charge is 0.506 e. The molecule has 1 fully saturated rings. The molecule has 1 saturated heterocycles. The Morgan fingerprint density at radius 2 is 2.11 bits per heavy atom. The number of benzene rings is 1. The Bertz CT molecular complexity index is 488. The van der Waals surface area contributed by atoms with Gasteiger partial charge in [-0.1, -0.05) is 6.92 Å². The van der Waals surface area contributed by atoms with Crippen molar-refractivity contribution in [3.63, 3.8) is 0 Å². The predicted octanol–water partition coefficient (Wildman–Crippen LogP) is 0.997. The second-order valence-corrected chi connectivity index (χ2v) is 5.49. The third-order valence-electron chi connectivity index (χ3n) is 3.80. The third-order valence-corrected chi connectivity index (χ3v) is 3.80. The first-order valence-corrected chi connectivity index (χ1v) is 6.44. The molecule has 1 aromatic rings. The van der Waals surface area contributed by atoms with Crippen LogP contribution in [0.5, 0.6) is 5.75 Å². The first kappa shape index (κ1) is 13.7. The summed E-state index contributed by atoms with van der Waals surface area (Å²) in [7, 11) is 4.06. The minimum Gasteiger partial charge on any atom is -0.506 e. The van der Waals surface area contributed by atoms with E-state index in [4.69, 9.17) is 5.73 Å². The van der Waals surface area contributed by atoms with Crippen molar-refractivity contribution in [2.45, 2.75) is 13.0 Å². The maximum Gasteiger partial charge on any atom is 0.254 e. The van der Waals surface area contributed by atoms with E-state index in [1.165, 1.54) is 6.07 Å². The van der Waals surface area contributed by atoms with Gasteiger partial charge in [-0.05, 0) is 38.2 Å². The first-order chi connectivity index (χ1) is 8.90. The summed E-state index contributed by atoms with van der Waals surface area (Å²) in [6.07, 6.45) is 0. The summed E-state index contributed by atoms with van der Waals surface area (Å²) < 4.78 is 0. The molecule has 19 heavy (non-hydrogen) atoms. The second kappa shape index (κ2) is 5.09. The van der Waals surface area contributed by atoms with E-state index >= 15 is 0 Å². The second-order valence-electron chi connectivity index (χ2n) is 5.49. The fraction of sp³-hybridized carbons (Fsp3) is 0.500. The van der Waals surface area contributed by atoms with Gasteiger partial charge < -0.3 is 20.6 Å². The molecule has 3 N–H and O–H groups in total. The highest BCUT2D eigenvalue weighted by Gasteiger charge is 2.33. The Hall–Kier alpha value is -1.75. The zero-order valence-electron chi connectivity index (χ0n) is 11.6. The molecular formula is C14H21N3O2. The molecule has 0 aliphatic carbocycles. The van der Waals surface area contributed by atoms with Crippen LogP contribution in [-0.2, 0) is 0 Å². The van der Waals surface area contributed by atoms with E-state index < -0.39 is 0 Å². The number of hydrogen-bond donors (Lipinski definition) is 2. The molecule has 2 rings (SSSR count). The van der Waals surface area contributed by atoms with Crippen LogP contribution in [-0.4, -0.2) is 54.0 Å². The van der Waals surface area contributed by atoms with Crippen LogP contribution in [0, 0.1) is 5.92 Å². The van der Waals surface area contributed by atoms with Gasteiger partial charge in [0.1, 0.15) is 5.75 Å². The highest BCUT2D eigenvalue weighted by Crippen LogP contribution is 2.25. The quantitative estimate of drug-likeness (QED) is 0.617. The number of amides is 1. The van der Waals surface area contributed by atoms with E-state index in [0.717, 1.165) is 13.1 Å². The molecule has 5 heteroatoms. The van der Waals surface area contributed by atoms with E-state index in [-0.39, 0.29) is 17.3 Å². The lowest BCUT2D eigenvalue weighted by Gasteiger charge is -2.22. The molecular weight excluding hydrogens is 242 g/mol. The molecule has 0 aromatic heterocycles. The standard InChI is InChI=1S/C14H21N3O2/c1-9-7-17(8-12(9)16(2)3)14(19)10-4-5-11(15)13(18)6-10/h4-6,9,12,18H,7-8,15H2,1-3H3. The van der Waals surface area contributed by atoms with Crippen molar-refractivity contribution in [1.82, 2.24) is 9.80 Å². The van der Waals surface area contributed by atoms with Crippen LogP contribution in [0.15, 0.2) is 18.2 Å². The molecule has 5 nitrogen and oxygen atoms in total. The van der Waals surface area contributed by atoms with Gasteiger partial charge in [0.25, 0.3) is 5.91 Å². The number of likely N-dealkylation sites (tertiary alicyclic amines) is 1. The van der Waals surface area contributed by atoms with Crippen LogP contribution >= 0.6 is 0 Å². The van der Waals surface area contributed by atoms with Crippen LogP contribution < -0.4 is 5.73 Å². The van der Waals surface area contributed by atoms with Gasteiger partial charge >= 0.3 is 0 Å². The number of carbonyl (C=O) groups excluding carboxylic acids is 1. The average Bonchev–Trinajstić information content (AvgIpc) is 2.74. The van der Waals surface area contributed by atoms with Crippen LogP contribution in [0.1, 0.15) is 17.3 Å². The summed E-state index contributed by atoms with van der Waals surface area (Å²) in [5.74, 6) is 0.357. The average molecular weight is 263 g/mol. The van der Waals surface area contributed by atoms with Crippen molar-refractivity contribution >= 4 is 11.6 Å². The van der Waals surface area contributed by atoms with E-state index in [2.05, 4.69) is 11.8 Å². The Balaban J connectivity index is 2.15. The van der Waals surface area contributed by atoms with Gasteiger partial charge in [0.15, 0.2) is 0 Å². The zero-order valence-corrected chi connectivity index (χ0v) is 11.6. The summed E-state index contributed by atoms with van der Waals surface area (Å²) in [5, 5.41) is 9.58. The molecule has 0 radical (unpaired) electrons. The molecule has 104 valence electrons. The molecule has 1 aromatic carbocycles. The lowest BCUT2D eigenvalue weighted by molar-refractivity contribution is 0.0781. The van der Waals surface area contributed by atoms with Gasteiger partial charge in [0.05, 0.1) is 5.69 Å². The van der Waals surface area contributed by atoms with E-state index in [9.17, 15) is 9.90 Å². The fourth-order valence-corrected chi connectivity index (χ4v) is 2.65. The highest BCUT2D eigenvalue weighted by molar-refractivity contribution is 5.95. The Morgan fingerprint density at radius 1 is 1.42 bits per heavy atom. The highest BCUT2D eigenvalue weighted by atomic mass is 16.3. The topological polar surface area (TPSA) is 69.8 Å². The van der Waals surface area contributed by atoms with Gasteiger partial charge in [-0.3, -0.25) is 4.79 Å². The fourth-order valence-electron chi connectivity index (χ4n) is 2.65. The SMILES string of the molecule is CC1CN(C(=O)c2ccc(N)c(O)c2)CC1N(C)C. The van der Waals surface area contributed by atoms with Crippen LogP contribution in [0.4, 0.5) is 5.69 Å². The lowest BCUT2D eigenvalue weighted by Crippen LogP contribution is -2.35. The Labute approximate surface area is 113 Å². The molecule has 0 bridgehead atoms. The van der Waals surface area contributed by atoms with Gasteiger partial charge in [-0.25, -0.2) is 0 Å². The number of hydrogen-bond acceptors (Lipinski definition) is 4. The summed E-state index contributed by atoms with van der Waals surface area (Å²) in [6.45, 7) is 3.61. The summed E-state index contributed by atoms with van der Waals surface area (Å²) in [5.41, 5.74) is 6.32. The maximum absolute atomic E-state index is 12.4. The Morgan fingerprint density at radius 3 is 2.63 bits per heavy atom. The molecule has 1 heterocycles. The van der Waals surface area contributed by atoms with Crippen LogP contribution in [0.25, 0.3) is 0 Å². The molecule has 0 saturated carbocycles. The molecule has 2 atom stereocenters. The number of phenolic OH excluding ortho intramolecular Hbond substituents is 1. The first-order valence-electron chi connectivity index (χ1n) is 6.44. The van der Waals surface area contributed by atoms with E-state index in [1.54, 1.807) is 12.1 Å². The van der Waals surface area contributed by atoms with Crippen LogP contribution in [0.2, 0.25) is 0 Å². The normalized spacial score (nSPS) is 23.1. The van der Waals surface area contributed by atoms with Crippen molar-refractivity contribution in [2.75, 3.05) is 32.9 Å². The predicted molar refractivity (Wildman–Crippen MR) is 75.1 cm³/mol. The van der Waals surface area contributed by atoms with Crippen molar-refractivity contribution in [2.24, 2.45) is 5.92 Å². The monoisotopic (exact) mass is 263 g/mol. The molecule has 1 aliphatic heterocycles. The number of nitrogens with two attached hydrogens (primary N) is 1. The lowest BCUT2D eigenvalue weighted by atomic mass is 10.1. The number of carbonyl (C=O) groups is 1. The van der Waals surface area contributed by atoms with Gasteiger partial charge in [-0.2, -0.15) is 0 Å². The summed E-state index contributed by atoms with van der Waals surface area (Å²) >= 11 is 0. The van der Waals surface area contributed by atoms with Crippen molar-refractivity contribution in [3.05, 3.63) is 23.8 Å². The number of likely N-dealkylation sites (N-methyl/N-ethyl adjacent to an activating group) is 1. The van der Waals surface area contributed by atoms with Crippen LogP contribution in [0.3, 0.4) is 0 Å². The number of aromatic hydroxyl groups is 1. The number of nitrogens with zero attached hydrogens (tertiary/aromatic N) is 2. The van der Waals surface area contributed by atoms with Gasteiger partial charge in [-0.15, -0.1) is 0 Å². The summed E-state index contributed by atoms with van der Waals surface area (Å²) in [6, 6.07) is 5.04. The molecule has 1 aliphatic rings. The zero-order chi connectivity index (χ0) is 14.2. The Kier molecular flexibility index (Phi) is 3.66. The molecule has 1 amide bonds. The number of phenols is 1. The molecule has 2 unspecified atom stereocenters. The third kappa shape index (κ3) is 2.66. The minimum absolute atomic E-state index is 0.0396. The van der Waals surface area contributed by atoms with E-state index in [0.29, 0.717) is 17.5 Å². The smallest absolute Gasteiger partial charge is 0.254 e. The number of rotatable bonds is 2. The molecule has 0 spiro atoms. The van der Waals surface area contributed by atoms with Gasteiger partial charge in [0, 0.05) is 24.7 Å². The van der Waals surface area contributed by atoms with Crippen molar-refractivity contribution in [3.8, 4) is 5.75 Å². The van der Waals surface area contributed by atoms with E-state index in [1.807, 2.05) is 19.0 Å². The number of nitrogen functional groups attached to an aromatic ring is 1. The number of anilines is 1. The minimum atomic E-state index is -0.0495. The van der Waals surface area contributed by atoms with Gasteiger partial charge in [0.2, 0.25) is 0 Å². The van der Waals surface area contributed by atoms with Crippen molar-refractivity contribution in [1.29, 1.82) is 0 Å². The maximum atomic E-state index is 12.4. The van der Waals surface area contributed by atoms with Crippen molar-refractivity contribution < 1.29 is 9.90 Å². The summed E-state index contributed by atoms with van der Waals surface area (Å²) in [4.78, 5) is 16.4.